The molecule has 0 aromatic carbocycles. The maximum atomic E-state index is 10.2. The summed E-state index contributed by atoms with van der Waals surface area (Å²) in [7, 11) is 1.78. The Morgan fingerprint density at radius 2 is 2.40 bits per heavy atom. The molecule has 0 saturated heterocycles. The zero-order valence-corrected chi connectivity index (χ0v) is 7.07. The fraction of sp³-hybridized carbons (Fsp3) is 0.833. The molecule has 10 heavy (non-hydrogen) atoms. The molecule has 0 aliphatic rings. The molecule has 0 amide bonds. The maximum absolute atomic E-state index is 10.2. The zero-order valence-electron chi connectivity index (χ0n) is 6.26. The van der Waals surface area contributed by atoms with Gasteiger partial charge < -0.3 is 10.4 Å². The fourth-order valence-corrected chi connectivity index (χ4v) is 1.34. The number of hydrogen-bond acceptors (Lipinski definition) is 3. The molecule has 0 aliphatic heterocycles. The van der Waals surface area contributed by atoms with Gasteiger partial charge in [0.1, 0.15) is 0 Å². The molecule has 0 fully saturated rings. The van der Waals surface area contributed by atoms with Crippen LogP contribution in [0.3, 0.4) is 0 Å². The SMILES string of the molecule is CN[C@H](CSC)CC(=O)O. The average Bonchev–Trinajstić information content (AvgIpc) is 1.86. The number of thioether (sulfide) groups is 1. The van der Waals surface area contributed by atoms with Gasteiger partial charge in [-0.3, -0.25) is 4.79 Å². The van der Waals surface area contributed by atoms with Gasteiger partial charge in [0.15, 0.2) is 0 Å². The monoisotopic (exact) mass is 163 g/mol. The van der Waals surface area contributed by atoms with Crippen molar-refractivity contribution in [2.24, 2.45) is 0 Å². The van der Waals surface area contributed by atoms with E-state index in [-0.39, 0.29) is 12.5 Å². The van der Waals surface area contributed by atoms with Crippen molar-refractivity contribution >= 4 is 17.7 Å². The third-order valence-corrected chi connectivity index (χ3v) is 1.93. The Bertz CT molecular complexity index is 108. The molecule has 4 heteroatoms. The van der Waals surface area contributed by atoms with Crippen LogP contribution in [-0.4, -0.2) is 36.2 Å². The van der Waals surface area contributed by atoms with Gasteiger partial charge in [-0.25, -0.2) is 0 Å². The second-order valence-corrected chi connectivity index (χ2v) is 2.95. The summed E-state index contributed by atoms with van der Waals surface area (Å²) < 4.78 is 0. The predicted octanol–water partition coefficient (Wildman–Crippen LogP) is 0.412. The number of hydrogen-bond donors (Lipinski definition) is 2. The van der Waals surface area contributed by atoms with Gasteiger partial charge in [0.25, 0.3) is 0 Å². The summed E-state index contributed by atoms with van der Waals surface area (Å²) in [6, 6.07) is 0.104. The molecule has 0 rings (SSSR count). The lowest BCUT2D eigenvalue weighted by Gasteiger charge is -2.10. The van der Waals surface area contributed by atoms with Crippen molar-refractivity contribution in [2.45, 2.75) is 12.5 Å². The van der Waals surface area contributed by atoms with E-state index in [1.54, 1.807) is 18.8 Å². The number of carboxylic acid groups (broad SMARTS) is 1. The Morgan fingerprint density at radius 1 is 1.80 bits per heavy atom. The fourth-order valence-electron chi connectivity index (χ4n) is 0.656. The molecule has 2 N–H and O–H groups in total. The third-order valence-electron chi connectivity index (χ3n) is 1.20. The van der Waals surface area contributed by atoms with Crippen molar-refractivity contribution in [3.05, 3.63) is 0 Å². The Hall–Kier alpha value is -0.220. The number of carbonyl (C=O) groups is 1. The van der Waals surface area contributed by atoms with Crippen LogP contribution >= 0.6 is 11.8 Å². The molecule has 1 atom stereocenters. The number of carboxylic acids is 1. The molecule has 0 unspecified atom stereocenters. The predicted molar refractivity (Wildman–Crippen MR) is 43.5 cm³/mol. The minimum Gasteiger partial charge on any atom is -0.481 e. The molecular formula is C6H13NO2S. The van der Waals surface area contributed by atoms with Gasteiger partial charge in [-0.1, -0.05) is 0 Å². The molecule has 0 bridgehead atoms. The van der Waals surface area contributed by atoms with Gasteiger partial charge >= 0.3 is 5.97 Å². The van der Waals surface area contributed by atoms with E-state index in [1.807, 2.05) is 6.26 Å². The van der Waals surface area contributed by atoms with Crippen LogP contribution in [0.25, 0.3) is 0 Å². The van der Waals surface area contributed by atoms with Crippen LogP contribution in [0.5, 0.6) is 0 Å². The maximum Gasteiger partial charge on any atom is 0.304 e. The molecule has 0 spiro atoms. The second kappa shape index (κ2) is 5.56. The van der Waals surface area contributed by atoms with Crippen LogP contribution in [0, 0.1) is 0 Å². The minimum absolute atomic E-state index is 0.104. The largest absolute Gasteiger partial charge is 0.481 e. The molecule has 0 aromatic rings. The summed E-state index contributed by atoms with van der Waals surface area (Å²) in [5, 5.41) is 11.3. The first kappa shape index (κ1) is 9.78. The van der Waals surface area contributed by atoms with Gasteiger partial charge in [-0.15, -0.1) is 0 Å². The Kier molecular flexibility index (Phi) is 5.43. The summed E-state index contributed by atoms with van der Waals surface area (Å²) in [6.07, 6.45) is 2.17. The summed E-state index contributed by atoms with van der Waals surface area (Å²) in [5.41, 5.74) is 0. The highest BCUT2D eigenvalue weighted by atomic mass is 32.2. The van der Waals surface area contributed by atoms with E-state index >= 15 is 0 Å². The lowest BCUT2D eigenvalue weighted by Crippen LogP contribution is -2.30. The lowest BCUT2D eigenvalue weighted by molar-refractivity contribution is -0.137. The average molecular weight is 163 g/mol. The summed E-state index contributed by atoms with van der Waals surface area (Å²) in [5.74, 6) is 0.108. The molecule has 60 valence electrons. The Morgan fingerprint density at radius 3 is 2.70 bits per heavy atom. The van der Waals surface area contributed by atoms with E-state index in [9.17, 15) is 4.79 Å². The van der Waals surface area contributed by atoms with Gasteiger partial charge in [0.2, 0.25) is 0 Å². The first-order valence-electron chi connectivity index (χ1n) is 3.08. The second-order valence-electron chi connectivity index (χ2n) is 2.04. The molecule has 0 saturated carbocycles. The molecule has 0 aromatic heterocycles. The summed E-state index contributed by atoms with van der Waals surface area (Å²) in [4.78, 5) is 10.2. The van der Waals surface area contributed by atoms with E-state index < -0.39 is 5.97 Å². The van der Waals surface area contributed by atoms with Crippen molar-refractivity contribution in [1.82, 2.24) is 5.32 Å². The van der Waals surface area contributed by atoms with Crippen LogP contribution in [0.4, 0.5) is 0 Å². The van der Waals surface area contributed by atoms with Crippen molar-refractivity contribution < 1.29 is 9.90 Å². The topological polar surface area (TPSA) is 49.3 Å². The number of rotatable bonds is 5. The third kappa shape index (κ3) is 4.64. The van der Waals surface area contributed by atoms with E-state index in [0.717, 1.165) is 5.75 Å². The normalized spacial score (nSPS) is 13.0. The van der Waals surface area contributed by atoms with Gasteiger partial charge in [-0.05, 0) is 13.3 Å². The summed E-state index contributed by atoms with van der Waals surface area (Å²) in [6.45, 7) is 0. The smallest absolute Gasteiger partial charge is 0.304 e. The van der Waals surface area contributed by atoms with Crippen LogP contribution in [-0.2, 0) is 4.79 Å². The van der Waals surface area contributed by atoms with Crippen molar-refractivity contribution in [2.75, 3.05) is 19.1 Å². The van der Waals surface area contributed by atoms with Crippen LogP contribution in [0.2, 0.25) is 0 Å². The molecule has 3 nitrogen and oxygen atoms in total. The van der Waals surface area contributed by atoms with Gasteiger partial charge in [0.05, 0.1) is 6.42 Å². The first-order chi connectivity index (χ1) is 4.70. The van der Waals surface area contributed by atoms with E-state index in [1.165, 1.54) is 0 Å². The van der Waals surface area contributed by atoms with Crippen LogP contribution < -0.4 is 5.32 Å². The number of nitrogens with one attached hydrogen (secondary N) is 1. The molecular weight excluding hydrogens is 150 g/mol. The Balaban J connectivity index is 3.49. The first-order valence-corrected chi connectivity index (χ1v) is 4.48. The quantitative estimate of drug-likeness (QED) is 0.616. The van der Waals surface area contributed by atoms with Crippen LogP contribution in [0.15, 0.2) is 0 Å². The van der Waals surface area contributed by atoms with E-state index in [4.69, 9.17) is 5.11 Å². The lowest BCUT2D eigenvalue weighted by atomic mass is 10.2. The number of aliphatic carboxylic acids is 1. The molecule has 0 heterocycles. The van der Waals surface area contributed by atoms with Crippen molar-refractivity contribution in [3.63, 3.8) is 0 Å². The zero-order chi connectivity index (χ0) is 7.98. The standard InChI is InChI=1S/C6H13NO2S/c1-7-5(4-10-2)3-6(8)9/h5,7H,3-4H2,1-2H3,(H,8,9)/t5-/m0/s1. The van der Waals surface area contributed by atoms with E-state index in [2.05, 4.69) is 5.32 Å². The van der Waals surface area contributed by atoms with Gasteiger partial charge in [-0.2, -0.15) is 11.8 Å². The van der Waals surface area contributed by atoms with E-state index in [0.29, 0.717) is 0 Å². The highest BCUT2D eigenvalue weighted by molar-refractivity contribution is 7.98. The van der Waals surface area contributed by atoms with Gasteiger partial charge in [0, 0.05) is 11.8 Å². The molecule has 0 aliphatic carbocycles. The summed E-state index contributed by atoms with van der Waals surface area (Å²) >= 11 is 1.65. The highest BCUT2D eigenvalue weighted by Crippen LogP contribution is 2.00. The Labute approximate surface area is 65.2 Å². The van der Waals surface area contributed by atoms with Crippen molar-refractivity contribution in [3.8, 4) is 0 Å². The molecule has 0 radical (unpaired) electrons. The highest BCUT2D eigenvalue weighted by Gasteiger charge is 2.08. The van der Waals surface area contributed by atoms with Crippen molar-refractivity contribution in [1.29, 1.82) is 0 Å². The minimum atomic E-state index is -0.742. The van der Waals surface area contributed by atoms with Crippen LogP contribution in [0.1, 0.15) is 6.42 Å².